The van der Waals surface area contributed by atoms with E-state index in [4.69, 9.17) is 10.8 Å². The van der Waals surface area contributed by atoms with E-state index in [1.165, 1.54) is 18.3 Å². The summed E-state index contributed by atoms with van der Waals surface area (Å²) in [5.41, 5.74) is 6.38. The zero-order valence-corrected chi connectivity index (χ0v) is 15.4. The predicted molar refractivity (Wildman–Crippen MR) is 101 cm³/mol. The van der Waals surface area contributed by atoms with Crippen molar-refractivity contribution in [1.29, 1.82) is 0 Å². The summed E-state index contributed by atoms with van der Waals surface area (Å²) < 4.78 is 0. The molecule has 0 saturated heterocycles. The number of nitrogens with two attached hydrogens (primary N) is 1. The molecule has 2 aromatic rings. The van der Waals surface area contributed by atoms with Crippen molar-refractivity contribution < 1.29 is 24.3 Å². The number of ketones is 2. The molecular weight excluding hydrogens is 386 g/mol. The van der Waals surface area contributed by atoms with Crippen LogP contribution in [0.1, 0.15) is 38.6 Å². The number of thiazole rings is 1. The van der Waals surface area contributed by atoms with Crippen molar-refractivity contribution >= 4 is 45.9 Å². The van der Waals surface area contributed by atoms with E-state index in [0.29, 0.717) is 35.4 Å². The van der Waals surface area contributed by atoms with Gasteiger partial charge in [0.1, 0.15) is 12.4 Å². The monoisotopic (exact) mass is 403 g/mol. The molecule has 2 amide bonds. The van der Waals surface area contributed by atoms with Gasteiger partial charge in [-0.15, -0.1) is 0 Å². The van der Waals surface area contributed by atoms with Gasteiger partial charge in [0.2, 0.25) is 5.91 Å². The molecule has 5 N–H and O–H groups in total. The Morgan fingerprint density at radius 1 is 1.32 bits per heavy atom. The molecule has 28 heavy (non-hydrogen) atoms. The van der Waals surface area contributed by atoms with Crippen LogP contribution in [0.5, 0.6) is 0 Å². The van der Waals surface area contributed by atoms with Gasteiger partial charge in [0.15, 0.2) is 16.7 Å². The number of pyridine rings is 1. The number of anilines is 2. The molecule has 146 valence electrons. The summed E-state index contributed by atoms with van der Waals surface area (Å²) >= 11 is 0.982. The number of Topliss-reactive ketones (excluding diaryl/α,β-unsaturated/α-hetero) is 2. The number of carbonyl (C=O) groups is 4. The third kappa shape index (κ3) is 4.31. The van der Waals surface area contributed by atoms with Crippen molar-refractivity contribution in [1.82, 2.24) is 15.3 Å². The first-order valence-corrected chi connectivity index (χ1v) is 9.23. The number of carbonyl (C=O) groups excluding carboxylic acids is 3. The van der Waals surface area contributed by atoms with Gasteiger partial charge in [-0.1, -0.05) is 11.3 Å². The maximum Gasteiger partial charge on any atom is 0.405 e. The Morgan fingerprint density at radius 3 is 2.79 bits per heavy atom. The Balaban J connectivity index is 1.77. The summed E-state index contributed by atoms with van der Waals surface area (Å²) in [6.07, 6.45) is 1.53. The first-order valence-electron chi connectivity index (χ1n) is 8.41. The third-order valence-corrected chi connectivity index (χ3v) is 5.21. The number of nitrogens with zero attached hydrogens (tertiary/aromatic N) is 2. The van der Waals surface area contributed by atoms with Crippen LogP contribution in [0.3, 0.4) is 0 Å². The van der Waals surface area contributed by atoms with E-state index in [-0.39, 0.29) is 22.5 Å². The van der Waals surface area contributed by atoms with E-state index < -0.39 is 24.5 Å². The normalized spacial score (nSPS) is 16.0. The number of hydrogen-bond acceptors (Lipinski definition) is 8. The Morgan fingerprint density at radius 2 is 2.11 bits per heavy atom. The van der Waals surface area contributed by atoms with E-state index in [1.54, 1.807) is 0 Å². The minimum atomic E-state index is -1.32. The fourth-order valence-electron chi connectivity index (χ4n) is 2.85. The number of rotatable bonds is 5. The van der Waals surface area contributed by atoms with Gasteiger partial charge in [0, 0.05) is 11.8 Å². The molecule has 0 bridgehead atoms. The lowest BCUT2D eigenvalue weighted by Crippen LogP contribution is -2.31. The second-order valence-corrected chi connectivity index (χ2v) is 7.15. The summed E-state index contributed by atoms with van der Waals surface area (Å²) in [4.78, 5) is 56.4. The molecule has 0 fully saturated rings. The molecule has 10 nitrogen and oxygen atoms in total. The lowest BCUT2D eigenvalue weighted by molar-refractivity contribution is -0.115. The SMILES string of the molecule is Nc1ccc(C(=O)C2CCCc3nc(NC(=O)CNC(=O)O)sc3C2=O)cn1. The van der Waals surface area contributed by atoms with Gasteiger partial charge >= 0.3 is 6.09 Å². The Hall–Kier alpha value is -3.34. The molecule has 0 aromatic carbocycles. The summed E-state index contributed by atoms with van der Waals surface area (Å²) in [6.45, 7) is -0.432. The fourth-order valence-corrected chi connectivity index (χ4v) is 3.87. The number of amides is 2. The fraction of sp³-hybridized carbons (Fsp3) is 0.294. The highest BCUT2D eigenvalue weighted by Gasteiger charge is 2.34. The van der Waals surface area contributed by atoms with E-state index >= 15 is 0 Å². The zero-order chi connectivity index (χ0) is 20.3. The van der Waals surface area contributed by atoms with Gasteiger partial charge in [-0.2, -0.15) is 0 Å². The third-order valence-electron chi connectivity index (χ3n) is 4.18. The molecule has 0 radical (unpaired) electrons. The average molecular weight is 403 g/mol. The minimum Gasteiger partial charge on any atom is -0.465 e. The highest BCUT2D eigenvalue weighted by atomic mass is 32.1. The topological polar surface area (TPSA) is 164 Å². The number of hydrogen-bond donors (Lipinski definition) is 4. The number of nitrogens with one attached hydrogen (secondary N) is 2. The summed E-state index contributed by atoms with van der Waals surface area (Å²) in [5.74, 6) is -1.82. The largest absolute Gasteiger partial charge is 0.465 e. The highest BCUT2D eigenvalue weighted by molar-refractivity contribution is 7.17. The molecule has 11 heteroatoms. The van der Waals surface area contributed by atoms with Crippen LogP contribution in [-0.4, -0.2) is 45.2 Å². The standard InChI is InChI=1S/C17H17N5O5S/c18-11-5-4-8(6-19-11)13(24)9-2-1-3-10-15(14(9)25)28-16(21-10)22-12(23)7-20-17(26)27/h4-6,9,20H,1-3,7H2,(H2,18,19)(H,26,27)(H,21,22,23). The Labute approximate surface area is 163 Å². The quantitative estimate of drug-likeness (QED) is 0.330. The number of aromatic nitrogens is 2. The van der Waals surface area contributed by atoms with E-state index in [2.05, 4.69) is 15.3 Å². The molecule has 2 aromatic heterocycles. The molecule has 1 unspecified atom stereocenters. The number of carboxylic acid groups (broad SMARTS) is 1. The van der Waals surface area contributed by atoms with Crippen LogP contribution in [-0.2, 0) is 11.2 Å². The van der Waals surface area contributed by atoms with E-state index in [9.17, 15) is 19.2 Å². The lowest BCUT2D eigenvalue weighted by Gasteiger charge is -2.11. The van der Waals surface area contributed by atoms with Crippen LogP contribution in [0.4, 0.5) is 15.7 Å². The lowest BCUT2D eigenvalue weighted by atomic mass is 9.91. The molecule has 1 aliphatic rings. The van der Waals surface area contributed by atoms with Gasteiger partial charge in [0.25, 0.3) is 0 Å². The number of aryl methyl sites for hydroxylation is 1. The number of fused-ring (bicyclic) bond motifs is 1. The van der Waals surface area contributed by atoms with Gasteiger partial charge in [0.05, 0.1) is 16.5 Å². The van der Waals surface area contributed by atoms with Crippen LogP contribution in [0, 0.1) is 5.92 Å². The summed E-state index contributed by atoms with van der Waals surface area (Å²) in [7, 11) is 0. The van der Waals surface area contributed by atoms with E-state index in [1.807, 2.05) is 5.32 Å². The maximum atomic E-state index is 12.9. The van der Waals surface area contributed by atoms with Gasteiger partial charge in [-0.3, -0.25) is 14.4 Å². The van der Waals surface area contributed by atoms with Crippen molar-refractivity contribution in [3.05, 3.63) is 34.5 Å². The molecule has 0 spiro atoms. The van der Waals surface area contributed by atoms with Crippen molar-refractivity contribution in [3.63, 3.8) is 0 Å². The minimum absolute atomic E-state index is 0.192. The van der Waals surface area contributed by atoms with Crippen LogP contribution in [0.2, 0.25) is 0 Å². The van der Waals surface area contributed by atoms with Crippen LogP contribution in [0.15, 0.2) is 18.3 Å². The smallest absolute Gasteiger partial charge is 0.405 e. The van der Waals surface area contributed by atoms with Crippen LogP contribution < -0.4 is 16.4 Å². The molecule has 0 aliphatic heterocycles. The molecule has 2 heterocycles. The first kappa shape index (κ1) is 19.4. The average Bonchev–Trinajstić information content (AvgIpc) is 2.99. The maximum absolute atomic E-state index is 12.9. The second kappa shape index (κ2) is 8.13. The van der Waals surface area contributed by atoms with E-state index in [0.717, 1.165) is 11.3 Å². The second-order valence-electron chi connectivity index (χ2n) is 6.15. The summed E-state index contributed by atoms with van der Waals surface area (Å²) in [6, 6.07) is 3.04. The van der Waals surface area contributed by atoms with Crippen molar-refractivity contribution in [3.8, 4) is 0 Å². The Kier molecular flexibility index (Phi) is 5.64. The van der Waals surface area contributed by atoms with Crippen molar-refractivity contribution in [2.75, 3.05) is 17.6 Å². The highest BCUT2D eigenvalue weighted by Crippen LogP contribution is 2.32. The van der Waals surface area contributed by atoms with Crippen LogP contribution in [0.25, 0.3) is 0 Å². The van der Waals surface area contributed by atoms with Gasteiger partial charge < -0.3 is 21.5 Å². The molecular formula is C17H17N5O5S. The van der Waals surface area contributed by atoms with Crippen molar-refractivity contribution in [2.45, 2.75) is 19.3 Å². The molecule has 3 rings (SSSR count). The predicted octanol–water partition coefficient (Wildman–Crippen LogP) is 1.34. The first-order chi connectivity index (χ1) is 13.3. The van der Waals surface area contributed by atoms with Gasteiger partial charge in [-0.05, 0) is 31.4 Å². The molecule has 1 atom stereocenters. The van der Waals surface area contributed by atoms with Crippen molar-refractivity contribution in [2.24, 2.45) is 5.92 Å². The Bertz CT molecular complexity index is 940. The molecule has 0 saturated carbocycles. The molecule has 1 aliphatic carbocycles. The van der Waals surface area contributed by atoms with Gasteiger partial charge in [-0.25, -0.2) is 14.8 Å². The zero-order valence-electron chi connectivity index (χ0n) is 14.6. The number of nitrogen functional groups attached to an aromatic ring is 1. The summed E-state index contributed by atoms with van der Waals surface area (Å²) in [5, 5.41) is 13.1. The van der Waals surface area contributed by atoms with Crippen LogP contribution >= 0.6 is 11.3 Å².